The van der Waals surface area contributed by atoms with E-state index in [2.05, 4.69) is 29.7 Å². The normalized spacial score (nSPS) is 18.1. The molecule has 2 unspecified atom stereocenters. The molecule has 1 aliphatic heterocycles. The first-order valence-electron chi connectivity index (χ1n) is 11.5. The van der Waals surface area contributed by atoms with E-state index in [1.807, 2.05) is 53.2 Å². The number of aryl methyl sites for hydroxylation is 1. The fourth-order valence-corrected chi connectivity index (χ4v) is 4.46. The van der Waals surface area contributed by atoms with Crippen molar-refractivity contribution in [2.45, 2.75) is 32.6 Å². The number of amides is 2. The molecule has 2 aromatic carbocycles. The molecule has 2 atom stereocenters. The predicted octanol–water partition coefficient (Wildman–Crippen LogP) is 3.57. The van der Waals surface area contributed by atoms with Gasteiger partial charge >= 0.3 is 0 Å². The number of anilines is 1. The van der Waals surface area contributed by atoms with E-state index in [9.17, 15) is 14.7 Å². The summed E-state index contributed by atoms with van der Waals surface area (Å²) in [5.74, 6) is -1.02. The van der Waals surface area contributed by atoms with Crippen LogP contribution in [0.15, 0.2) is 60.7 Å². The monoisotopic (exact) mass is 446 g/mol. The average Bonchev–Trinajstić information content (AvgIpc) is 3.25. The Morgan fingerprint density at radius 3 is 2.76 bits per heavy atom. The summed E-state index contributed by atoms with van der Waals surface area (Å²) in [7, 11) is 0. The van der Waals surface area contributed by atoms with Gasteiger partial charge in [0.15, 0.2) is 5.82 Å². The first-order chi connectivity index (χ1) is 16.1. The molecule has 4 rings (SSSR count). The number of aliphatic hydroxyl groups is 1. The molecule has 0 aliphatic carbocycles. The summed E-state index contributed by atoms with van der Waals surface area (Å²) in [5, 5.41) is 19.8. The highest BCUT2D eigenvalue weighted by molar-refractivity contribution is 5.96. The molecular formula is C26H30N4O3. The van der Waals surface area contributed by atoms with Gasteiger partial charge in [-0.25, -0.2) is 4.68 Å². The van der Waals surface area contributed by atoms with Gasteiger partial charge in [-0.3, -0.25) is 9.59 Å². The topological polar surface area (TPSA) is 96.2 Å². The highest BCUT2D eigenvalue weighted by Gasteiger charge is 2.36. The molecule has 172 valence electrons. The lowest BCUT2D eigenvalue weighted by molar-refractivity contribution is -0.135. The van der Waals surface area contributed by atoms with Crippen LogP contribution in [0.2, 0.25) is 0 Å². The maximum atomic E-state index is 13.1. The van der Waals surface area contributed by atoms with E-state index in [0.717, 1.165) is 29.8 Å². The van der Waals surface area contributed by atoms with Gasteiger partial charge in [-0.2, -0.15) is 0 Å². The number of aliphatic hydroxyl groups excluding tert-OH is 1. The van der Waals surface area contributed by atoms with Crippen molar-refractivity contribution in [2.24, 2.45) is 11.8 Å². The third-order valence-electron chi connectivity index (χ3n) is 6.08. The van der Waals surface area contributed by atoms with Gasteiger partial charge in [-0.05, 0) is 43.0 Å². The van der Waals surface area contributed by atoms with Crippen molar-refractivity contribution in [3.8, 4) is 16.9 Å². The minimum atomic E-state index is -0.537. The summed E-state index contributed by atoms with van der Waals surface area (Å²) in [6, 6.07) is 20.0. The van der Waals surface area contributed by atoms with Gasteiger partial charge in [0.2, 0.25) is 11.8 Å². The summed E-state index contributed by atoms with van der Waals surface area (Å²) in [6.45, 7) is 2.47. The molecule has 1 saturated heterocycles. The van der Waals surface area contributed by atoms with Gasteiger partial charge < -0.3 is 15.7 Å². The smallest absolute Gasteiger partial charge is 0.229 e. The van der Waals surface area contributed by atoms with Crippen LogP contribution < -0.4 is 10.6 Å². The summed E-state index contributed by atoms with van der Waals surface area (Å²) < 4.78 is 1.83. The van der Waals surface area contributed by atoms with Crippen molar-refractivity contribution < 1.29 is 14.7 Å². The zero-order valence-electron chi connectivity index (χ0n) is 18.8. The van der Waals surface area contributed by atoms with Crippen LogP contribution in [0.3, 0.4) is 0 Å². The third-order valence-corrected chi connectivity index (χ3v) is 6.08. The van der Waals surface area contributed by atoms with Crippen molar-refractivity contribution in [1.82, 2.24) is 15.1 Å². The highest BCUT2D eigenvalue weighted by Crippen LogP contribution is 2.29. The number of para-hydroxylation sites is 1. The van der Waals surface area contributed by atoms with Crippen LogP contribution in [0.25, 0.3) is 16.9 Å². The third kappa shape index (κ3) is 5.14. The van der Waals surface area contributed by atoms with E-state index in [0.29, 0.717) is 18.8 Å². The minimum absolute atomic E-state index is 0.136. The summed E-state index contributed by atoms with van der Waals surface area (Å²) in [4.78, 5) is 25.4. The quantitative estimate of drug-likeness (QED) is 0.493. The van der Waals surface area contributed by atoms with Crippen molar-refractivity contribution in [1.29, 1.82) is 0 Å². The predicted molar refractivity (Wildman–Crippen MR) is 128 cm³/mol. The van der Waals surface area contributed by atoms with Gasteiger partial charge in [0.25, 0.3) is 0 Å². The second-order valence-electron chi connectivity index (χ2n) is 8.41. The maximum Gasteiger partial charge on any atom is 0.229 e. The fourth-order valence-electron chi connectivity index (χ4n) is 4.46. The van der Waals surface area contributed by atoms with Crippen LogP contribution in [-0.4, -0.2) is 39.9 Å². The number of benzene rings is 2. The molecule has 3 N–H and O–H groups in total. The van der Waals surface area contributed by atoms with Crippen molar-refractivity contribution in [3.05, 3.63) is 66.2 Å². The van der Waals surface area contributed by atoms with Crippen molar-refractivity contribution >= 4 is 17.6 Å². The number of aromatic nitrogens is 2. The van der Waals surface area contributed by atoms with E-state index in [-0.39, 0.29) is 24.8 Å². The number of carbonyl (C=O) groups excluding carboxylic acids is 2. The molecule has 33 heavy (non-hydrogen) atoms. The minimum Gasteiger partial charge on any atom is -0.396 e. The number of carbonyl (C=O) groups is 2. The van der Waals surface area contributed by atoms with E-state index < -0.39 is 11.8 Å². The molecule has 0 spiro atoms. The van der Waals surface area contributed by atoms with Crippen molar-refractivity contribution in [2.75, 3.05) is 18.5 Å². The van der Waals surface area contributed by atoms with Crippen LogP contribution >= 0.6 is 0 Å². The van der Waals surface area contributed by atoms with Gasteiger partial charge in [0.1, 0.15) is 0 Å². The molecule has 3 aromatic rings. The highest BCUT2D eigenvalue weighted by atomic mass is 16.3. The van der Waals surface area contributed by atoms with Gasteiger partial charge in [0, 0.05) is 24.8 Å². The van der Waals surface area contributed by atoms with Crippen LogP contribution in [0, 0.1) is 11.8 Å². The lowest BCUT2D eigenvalue weighted by atomic mass is 9.83. The number of rotatable bonds is 8. The van der Waals surface area contributed by atoms with E-state index >= 15 is 0 Å². The summed E-state index contributed by atoms with van der Waals surface area (Å²) >= 11 is 0. The molecule has 1 aliphatic rings. The average molecular weight is 447 g/mol. The van der Waals surface area contributed by atoms with E-state index in [1.165, 1.54) is 5.56 Å². The lowest BCUT2D eigenvalue weighted by Crippen LogP contribution is -2.46. The summed E-state index contributed by atoms with van der Waals surface area (Å²) in [6.07, 6.45) is 2.85. The first kappa shape index (κ1) is 22.7. The lowest BCUT2D eigenvalue weighted by Gasteiger charge is -2.29. The molecule has 0 bridgehead atoms. The van der Waals surface area contributed by atoms with Crippen LogP contribution in [0.5, 0.6) is 0 Å². The Hall–Kier alpha value is -3.45. The zero-order valence-corrected chi connectivity index (χ0v) is 18.8. The molecule has 7 heteroatoms. The Morgan fingerprint density at radius 1 is 1.18 bits per heavy atom. The molecule has 0 radical (unpaired) electrons. The largest absolute Gasteiger partial charge is 0.396 e. The van der Waals surface area contributed by atoms with Gasteiger partial charge in [0.05, 0.1) is 23.2 Å². The molecule has 1 aromatic heterocycles. The zero-order chi connectivity index (χ0) is 23.2. The number of hydrogen-bond acceptors (Lipinski definition) is 4. The molecule has 2 heterocycles. The molecule has 7 nitrogen and oxygen atoms in total. The Balaban J connectivity index is 1.66. The number of nitrogens with zero attached hydrogens (tertiary/aromatic N) is 2. The second-order valence-corrected chi connectivity index (χ2v) is 8.41. The fraction of sp³-hybridized carbons (Fsp3) is 0.346. The van der Waals surface area contributed by atoms with Crippen LogP contribution in [-0.2, 0) is 16.0 Å². The Kier molecular flexibility index (Phi) is 7.19. The second kappa shape index (κ2) is 10.4. The number of hydrogen-bond donors (Lipinski definition) is 3. The van der Waals surface area contributed by atoms with Crippen LogP contribution in [0.4, 0.5) is 5.82 Å². The van der Waals surface area contributed by atoms with Crippen molar-refractivity contribution in [3.63, 3.8) is 0 Å². The Bertz CT molecular complexity index is 1110. The Labute approximate surface area is 193 Å². The molecular weight excluding hydrogens is 416 g/mol. The Morgan fingerprint density at radius 2 is 2.00 bits per heavy atom. The molecule has 0 saturated carbocycles. The first-order valence-corrected chi connectivity index (χ1v) is 11.5. The SMILES string of the molecule is CCCc1cccc(-c2cc(NC(=O)C3CCNC(=O)C3CCO)nn2-c2ccccc2)c1. The summed E-state index contributed by atoms with van der Waals surface area (Å²) in [5.41, 5.74) is 4.04. The van der Waals surface area contributed by atoms with Gasteiger partial charge in [-0.1, -0.05) is 49.7 Å². The standard InChI is InChI=1S/C26H30N4O3/c1-2-7-18-8-6-9-19(16-18)23-17-24(29-30(23)20-10-4-3-5-11-20)28-26(33)21-12-14-27-25(32)22(21)13-15-31/h3-6,8-11,16-17,21-22,31H,2,7,12-15H2,1H3,(H,27,32)(H,28,29,33). The molecule has 1 fully saturated rings. The van der Waals surface area contributed by atoms with E-state index in [1.54, 1.807) is 0 Å². The van der Waals surface area contributed by atoms with Crippen LogP contribution in [0.1, 0.15) is 31.7 Å². The molecule has 2 amide bonds. The van der Waals surface area contributed by atoms with Gasteiger partial charge in [-0.15, -0.1) is 5.10 Å². The number of piperidine rings is 1. The maximum absolute atomic E-state index is 13.1. The number of nitrogens with one attached hydrogen (secondary N) is 2. The van der Waals surface area contributed by atoms with E-state index in [4.69, 9.17) is 5.10 Å².